The summed E-state index contributed by atoms with van der Waals surface area (Å²) in [5.41, 5.74) is 0.534. The van der Waals surface area contributed by atoms with Gasteiger partial charge in [-0.05, 0) is 19.4 Å². The molecular weight excluding hydrogens is 211 g/mol. The van der Waals surface area contributed by atoms with Gasteiger partial charge in [-0.15, -0.1) is 0 Å². The van der Waals surface area contributed by atoms with Gasteiger partial charge in [0.05, 0.1) is 10.1 Å². The van der Waals surface area contributed by atoms with Crippen LogP contribution in [0.25, 0.3) is 0 Å². The van der Waals surface area contributed by atoms with E-state index in [-0.39, 0.29) is 21.6 Å². The Morgan fingerprint density at radius 1 is 1.54 bits per heavy atom. The predicted octanol–water partition coefficient (Wildman–Crippen LogP) is 3.04. The molecule has 0 heterocycles. The number of aliphatic hydroxyl groups excluding tert-OH is 1. The highest BCUT2D eigenvalue weighted by Gasteiger charge is 2.12. The first-order chi connectivity index (χ1) is 6.02. The third kappa shape index (κ3) is 2.36. The van der Waals surface area contributed by atoms with Crippen LogP contribution in [0, 0.1) is 0 Å². The Labute approximate surface area is 86.1 Å². The first-order valence-corrected chi connectivity index (χ1v) is 4.44. The van der Waals surface area contributed by atoms with Crippen molar-refractivity contribution in [3.8, 4) is 0 Å². The van der Waals surface area contributed by atoms with Gasteiger partial charge in [-0.1, -0.05) is 29.3 Å². The summed E-state index contributed by atoms with van der Waals surface area (Å²) in [5.74, 6) is -0.256. The van der Waals surface area contributed by atoms with Crippen LogP contribution in [-0.4, -0.2) is 10.9 Å². The summed E-state index contributed by atoms with van der Waals surface area (Å²) in [6, 6.07) is 0. The van der Waals surface area contributed by atoms with Crippen LogP contribution in [0.3, 0.4) is 0 Å². The van der Waals surface area contributed by atoms with E-state index < -0.39 is 0 Å². The molecule has 1 rings (SSSR count). The molecule has 0 spiro atoms. The van der Waals surface area contributed by atoms with Crippen LogP contribution >= 0.6 is 23.2 Å². The average Bonchev–Trinajstić information content (AvgIpc) is 2.19. The molecule has 1 aliphatic rings. The number of Topliss-reactive ketones (excluding diaryl/α,β-unsaturated/α-hetero) is 1. The molecule has 0 radical (unpaired) electrons. The SMILES string of the molecule is CC(=O)C1=CC(Cl)=C(O)C(Cl)=CC1. The largest absolute Gasteiger partial charge is 0.505 e. The van der Waals surface area contributed by atoms with Gasteiger partial charge in [0, 0.05) is 5.57 Å². The third-order valence-electron chi connectivity index (χ3n) is 1.71. The summed E-state index contributed by atoms with van der Waals surface area (Å²) in [4.78, 5) is 11.0. The highest BCUT2D eigenvalue weighted by molar-refractivity contribution is 6.36. The Morgan fingerprint density at radius 2 is 2.15 bits per heavy atom. The Bertz CT molecular complexity index is 338. The second-order valence-electron chi connectivity index (χ2n) is 2.68. The second-order valence-corrected chi connectivity index (χ2v) is 3.49. The van der Waals surface area contributed by atoms with Crippen LogP contribution in [0.4, 0.5) is 0 Å². The Kier molecular flexibility index (Phi) is 3.17. The van der Waals surface area contributed by atoms with Gasteiger partial charge in [0.2, 0.25) is 0 Å². The van der Waals surface area contributed by atoms with Gasteiger partial charge in [0.25, 0.3) is 0 Å². The summed E-state index contributed by atoms with van der Waals surface area (Å²) in [5, 5.41) is 9.60. The lowest BCUT2D eigenvalue weighted by atomic mass is 10.1. The van der Waals surface area contributed by atoms with Crippen LogP contribution in [0.1, 0.15) is 13.3 Å². The minimum absolute atomic E-state index is 0.0754. The van der Waals surface area contributed by atoms with Crippen molar-refractivity contribution in [1.29, 1.82) is 0 Å². The first-order valence-electron chi connectivity index (χ1n) is 3.68. The van der Waals surface area contributed by atoms with Crippen LogP contribution in [-0.2, 0) is 4.79 Å². The van der Waals surface area contributed by atoms with E-state index in [1.54, 1.807) is 6.08 Å². The number of allylic oxidation sites excluding steroid dienone is 5. The van der Waals surface area contributed by atoms with Gasteiger partial charge in [0.1, 0.15) is 0 Å². The predicted molar refractivity (Wildman–Crippen MR) is 52.8 cm³/mol. The zero-order chi connectivity index (χ0) is 10.0. The van der Waals surface area contributed by atoms with Crippen LogP contribution in [0.5, 0.6) is 0 Å². The van der Waals surface area contributed by atoms with Crippen molar-refractivity contribution in [3.63, 3.8) is 0 Å². The van der Waals surface area contributed by atoms with Crippen LogP contribution in [0.2, 0.25) is 0 Å². The molecule has 0 saturated heterocycles. The average molecular weight is 219 g/mol. The molecule has 13 heavy (non-hydrogen) atoms. The lowest BCUT2D eigenvalue weighted by Gasteiger charge is -1.96. The molecule has 1 N–H and O–H groups in total. The van der Waals surface area contributed by atoms with E-state index in [1.807, 2.05) is 0 Å². The Morgan fingerprint density at radius 3 is 2.69 bits per heavy atom. The fourth-order valence-electron chi connectivity index (χ4n) is 0.936. The summed E-state index contributed by atoms with van der Waals surface area (Å²) < 4.78 is 0. The maximum Gasteiger partial charge on any atom is 0.156 e. The van der Waals surface area contributed by atoms with Crippen molar-refractivity contribution < 1.29 is 9.90 Å². The molecule has 0 aromatic heterocycles. The summed E-state index contributed by atoms with van der Waals surface area (Å²) in [6.07, 6.45) is 3.39. The highest BCUT2D eigenvalue weighted by Crippen LogP contribution is 2.26. The molecule has 2 nitrogen and oxygen atoms in total. The van der Waals surface area contributed by atoms with E-state index >= 15 is 0 Å². The molecule has 0 atom stereocenters. The van der Waals surface area contributed by atoms with E-state index in [0.717, 1.165) is 0 Å². The standard InChI is InChI=1S/C9H8Cl2O2/c1-5(12)6-2-3-7(10)9(13)8(11)4-6/h3-4,13H,2H2,1H3. The minimum atomic E-state index is -0.181. The third-order valence-corrected chi connectivity index (χ3v) is 2.33. The fourth-order valence-corrected chi connectivity index (χ4v) is 1.40. The van der Waals surface area contributed by atoms with E-state index in [1.165, 1.54) is 13.0 Å². The molecule has 70 valence electrons. The van der Waals surface area contributed by atoms with Crippen molar-refractivity contribution in [2.24, 2.45) is 0 Å². The van der Waals surface area contributed by atoms with Gasteiger partial charge in [0.15, 0.2) is 11.5 Å². The minimum Gasteiger partial charge on any atom is -0.505 e. The van der Waals surface area contributed by atoms with E-state index in [4.69, 9.17) is 23.2 Å². The number of halogens is 2. The zero-order valence-electron chi connectivity index (χ0n) is 6.97. The second kappa shape index (κ2) is 3.99. The molecular formula is C9H8Cl2O2. The van der Waals surface area contributed by atoms with Crippen molar-refractivity contribution in [3.05, 3.63) is 33.5 Å². The molecule has 0 aromatic carbocycles. The van der Waals surface area contributed by atoms with Gasteiger partial charge in [-0.3, -0.25) is 4.79 Å². The van der Waals surface area contributed by atoms with Crippen molar-refractivity contribution >= 4 is 29.0 Å². The van der Waals surface area contributed by atoms with E-state index in [0.29, 0.717) is 12.0 Å². The number of hydrogen-bond acceptors (Lipinski definition) is 2. The molecule has 0 aromatic rings. The van der Waals surface area contributed by atoms with E-state index in [2.05, 4.69) is 0 Å². The number of aliphatic hydroxyl groups is 1. The number of rotatable bonds is 1. The lowest BCUT2D eigenvalue weighted by Crippen LogP contribution is -1.94. The molecule has 0 aliphatic heterocycles. The van der Waals surface area contributed by atoms with Crippen LogP contribution < -0.4 is 0 Å². The monoisotopic (exact) mass is 218 g/mol. The quantitative estimate of drug-likeness (QED) is 0.735. The molecule has 0 unspecified atom stereocenters. The van der Waals surface area contributed by atoms with E-state index in [9.17, 15) is 9.90 Å². The summed E-state index contributed by atoms with van der Waals surface area (Å²) in [7, 11) is 0. The molecule has 0 bridgehead atoms. The number of carbonyl (C=O) groups is 1. The molecule has 1 aliphatic carbocycles. The van der Waals surface area contributed by atoms with Gasteiger partial charge < -0.3 is 5.11 Å². The van der Waals surface area contributed by atoms with Crippen LogP contribution in [0.15, 0.2) is 33.5 Å². The molecule has 0 amide bonds. The van der Waals surface area contributed by atoms with Crippen molar-refractivity contribution in [1.82, 2.24) is 0 Å². The zero-order valence-corrected chi connectivity index (χ0v) is 8.49. The fraction of sp³-hybridized carbons (Fsp3) is 0.222. The number of ketones is 1. The van der Waals surface area contributed by atoms with Crippen molar-refractivity contribution in [2.45, 2.75) is 13.3 Å². The number of carbonyl (C=O) groups excluding carboxylic acids is 1. The molecule has 0 fully saturated rings. The maximum absolute atomic E-state index is 11.0. The normalized spacial score (nSPS) is 17.8. The van der Waals surface area contributed by atoms with Gasteiger partial charge in [-0.25, -0.2) is 0 Å². The molecule has 0 saturated carbocycles. The highest BCUT2D eigenvalue weighted by atomic mass is 35.5. The smallest absolute Gasteiger partial charge is 0.156 e. The lowest BCUT2D eigenvalue weighted by molar-refractivity contribution is -0.113. The Hall–Kier alpha value is -0.730. The molecule has 4 heteroatoms. The van der Waals surface area contributed by atoms with Crippen molar-refractivity contribution in [2.75, 3.05) is 0 Å². The number of hydrogen-bond donors (Lipinski definition) is 1. The summed E-state index contributed by atoms with van der Waals surface area (Å²) in [6.45, 7) is 1.44. The maximum atomic E-state index is 11.0. The topological polar surface area (TPSA) is 37.3 Å². The summed E-state index contributed by atoms with van der Waals surface area (Å²) >= 11 is 11.3. The first kappa shape index (κ1) is 10.4. The van der Waals surface area contributed by atoms with Gasteiger partial charge >= 0.3 is 0 Å². The Balaban J connectivity index is 3.13. The van der Waals surface area contributed by atoms with Gasteiger partial charge in [-0.2, -0.15) is 0 Å².